The number of hydrogen-bond acceptors (Lipinski definition) is 4. The van der Waals surface area contributed by atoms with Crippen molar-refractivity contribution in [3.8, 4) is 0 Å². The molecular weight excluding hydrogens is 298 g/mol. The monoisotopic (exact) mass is 317 g/mol. The molecule has 112 valence electrons. The van der Waals surface area contributed by atoms with Crippen molar-refractivity contribution in [1.29, 1.82) is 0 Å². The first-order chi connectivity index (χ1) is 9.42. The van der Waals surface area contributed by atoms with Crippen molar-refractivity contribution < 1.29 is 18.3 Å². The summed E-state index contributed by atoms with van der Waals surface area (Å²) >= 11 is 0.928. The summed E-state index contributed by atoms with van der Waals surface area (Å²) < 4.78 is 27.2. The van der Waals surface area contributed by atoms with E-state index < -0.39 is 16.0 Å². The van der Waals surface area contributed by atoms with Crippen molar-refractivity contribution in [2.75, 3.05) is 0 Å². The summed E-state index contributed by atoms with van der Waals surface area (Å²) in [5.41, 5.74) is 0. The molecular formula is C13H19NO4S2. The standard InChI is InChI=1S/C13H19NO4S2/c1-9(10-5-3-2-4-6-10)14-20(17,18)11-7-8-19-12(11)13(15)16/h7-10,14H,2-6H2,1H3,(H,15,16)/t9-/m0/s1. The van der Waals surface area contributed by atoms with Gasteiger partial charge in [-0.2, -0.15) is 0 Å². The molecule has 0 radical (unpaired) electrons. The first kappa shape index (κ1) is 15.5. The number of hydrogen-bond donors (Lipinski definition) is 2. The number of aromatic carboxylic acids is 1. The van der Waals surface area contributed by atoms with E-state index in [1.54, 1.807) is 0 Å². The average molecular weight is 317 g/mol. The Morgan fingerprint density at radius 2 is 2.05 bits per heavy atom. The minimum atomic E-state index is -3.76. The second-order valence-corrected chi connectivity index (χ2v) is 7.83. The molecule has 1 heterocycles. The van der Waals surface area contributed by atoms with Crippen LogP contribution in [0.2, 0.25) is 0 Å². The van der Waals surface area contributed by atoms with E-state index in [9.17, 15) is 13.2 Å². The van der Waals surface area contributed by atoms with E-state index in [0.717, 1.165) is 37.0 Å². The molecule has 1 aliphatic carbocycles. The molecule has 5 nitrogen and oxygen atoms in total. The summed E-state index contributed by atoms with van der Waals surface area (Å²) in [5, 5.41) is 10.5. The summed E-state index contributed by atoms with van der Waals surface area (Å²) in [5.74, 6) is -0.865. The summed E-state index contributed by atoms with van der Waals surface area (Å²) in [6, 6.07) is 1.19. The molecule has 0 saturated heterocycles. The smallest absolute Gasteiger partial charge is 0.347 e. The molecule has 1 fully saturated rings. The molecule has 2 N–H and O–H groups in total. The summed E-state index contributed by atoms with van der Waals surface area (Å²) in [6.07, 6.45) is 5.53. The molecule has 7 heteroatoms. The van der Waals surface area contributed by atoms with Gasteiger partial charge >= 0.3 is 5.97 Å². The van der Waals surface area contributed by atoms with Gasteiger partial charge in [-0.25, -0.2) is 17.9 Å². The Morgan fingerprint density at radius 1 is 1.40 bits per heavy atom. The largest absolute Gasteiger partial charge is 0.477 e. The highest BCUT2D eigenvalue weighted by atomic mass is 32.2. The zero-order valence-corrected chi connectivity index (χ0v) is 13.0. The fraction of sp³-hybridized carbons (Fsp3) is 0.615. The SMILES string of the molecule is C[C@H](NS(=O)(=O)c1ccsc1C(=O)O)C1CCCCC1. The van der Waals surface area contributed by atoms with Crippen LogP contribution in [0, 0.1) is 5.92 Å². The highest BCUT2D eigenvalue weighted by Gasteiger charge is 2.28. The zero-order valence-electron chi connectivity index (χ0n) is 11.3. The lowest BCUT2D eigenvalue weighted by molar-refractivity contribution is 0.0698. The molecule has 0 unspecified atom stereocenters. The fourth-order valence-corrected chi connectivity index (χ4v) is 5.28. The lowest BCUT2D eigenvalue weighted by atomic mass is 9.85. The van der Waals surface area contributed by atoms with Crippen molar-refractivity contribution in [2.45, 2.75) is 50.0 Å². The van der Waals surface area contributed by atoms with Gasteiger partial charge in [0.2, 0.25) is 10.0 Å². The predicted molar refractivity (Wildman–Crippen MR) is 77.6 cm³/mol. The molecule has 1 aromatic rings. The highest BCUT2D eigenvalue weighted by molar-refractivity contribution is 7.89. The molecule has 0 bridgehead atoms. The van der Waals surface area contributed by atoms with Gasteiger partial charge in [-0.3, -0.25) is 0 Å². The molecule has 0 spiro atoms. The van der Waals surface area contributed by atoms with E-state index in [1.165, 1.54) is 17.9 Å². The summed E-state index contributed by atoms with van der Waals surface area (Å²) in [7, 11) is -3.76. The number of carboxylic acids is 1. The molecule has 2 rings (SSSR count). The third-order valence-corrected chi connectivity index (χ3v) is 6.44. The van der Waals surface area contributed by atoms with Crippen LogP contribution in [-0.2, 0) is 10.0 Å². The zero-order chi connectivity index (χ0) is 14.8. The van der Waals surface area contributed by atoms with Gasteiger partial charge in [-0.15, -0.1) is 11.3 Å². The Morgan fingerprint density at radius 3 is 2.65 bits per heavy atom. The maximum Gasteiger partial charge on any atom is 0.347 e. The van der Waals surface area contributed by atoms with Gasteiger partial charge in [0.15, 0.2) is 0 Å². The third kappa shape index (κ3) is 3.39. The van der Waals surface area contributed by atoms with Gasteiger partial charge < -0.3 is 5.11 Å². The number of sulfonamides is 1. The van der Waals surface area contributed by atoms with Gasteiger partial charge in [0, 0.05) is 6.04 Å². The number of thiophene rings is 1. The number of nitrogens with one attached hydrogen (secondary N) is 1. The van der Waals surface area contributed by atoms with Crippen LogP contribution in [0.1, 0.15) is 48.7 Å². The summed E-state index contributed by atoms with van der Waals surface area (Å²) in [4.78, 5) is 10.8. The van der Waals surface area contributed by atoms with Crippen LogP contribution in [0.3, 0.4) is 0 Å². The van der Waals surface area contributed by atoms with E-state index in [4.69, 9.17) is 5.11 Å². The fourth-order valence-electron chi connectivity index (χ4n) is 2.70. The summed E-state index contributed by atoms with van der Waals surface area (Å²) in [6.45, 7) is 1.86. The third-order valence-electron chi connectivity index (χ3n) is 3.81. The number of carbonyl (C=O) groups is 1. The number of carboxylic acid groups (broad SMARTS) is 1. The lowest BCUT2D eigenvalue weighted by Gasteiger charge is -2.28. The van der Waals surface area contributed by atoms with Crippen molar-refractivity contribution >= 4 is 27.3 Å². The molecule has 20 heavy (non-hydrogen) atoms. The van der Waals surface area contributed by atoms with Crippen molar-refractivity contribution in [1.82, 2.24) is 4.72 Å². The van der Waals surface area contributed by atoms with E-state index in [0.29, 0.717) is 5.92 Å². The molecule has 1 aliphatic rings. The van der Waals surface area contributed by atoms with E-state index >= 15 is 0 Å². The van der Waals surface area contributed by atoms with Crippen molar-refractivity contribution in [3.63, 3.8) is 0 Å². The van der Waals surface area contributed by atoms with Crippen LogP contribution in [0.5, 0.6) is 0 Å². The van der Waals surface area contributed by atoms with Crippen molar-refractivity contribution in [3.05, 3.63) is 16.3 Å². The first-order valence-electron chi connectivity index (χ1n) is 6.75. The molecule has 1 atom stereocenters. The maximum atomic E-state index is 12.3. The second-order valence-electron chi connectivity index (χ2n) is 5.23. The Bertz CT molecular complexity index is 573. The Kier molecular flexibility index (Phi) is 4.82. The molecule has 1 saturated carbocycles. The van der Waals surface area contributed by atoms with Gasteiger partial charge in [0.25, 0.3) is 0 Å². The first-order valence-corrected chi connectivity index (χ1v) is 9.11. The van der Waals surface area contributed by atoms with Crippen LogP contribution < -0.4 is 4.72 Å². The second kappa shape index (κ2) is 6.24. The molecule has 0 aromatic carbocycles. The molecule has 0 aliphatic heterocycles. The van der Waals surface area contributed by atoms with E-state index in [-0.39, 0.29) is 15.8 Å². The average Bonchev–Trinajstić information content (AvgIpc) is 2.89. The highest BCUT2D eigenvalue weighted by Crippen LogP contribution is 2.28. The minimum Gasteiger partial charge on any atom is -0.477 e. The van der Waals surface area contributed by atoms with Crippen LogP contribution in [0.25, 0.3) is 0 Å². The van der Waals surface area contributed by atoms with Crippen LogP contribution >= 0.6 is 11.3 Å². The van der Waals surface area contributed by atoms with E-state index in [2.05, 4.69) is 4.72 Å². The Labute approximate surface area is 123 Å². The van der Waals surface area contributed by atoms with Gasteiger partial charge in [0.05, 0.1) is 0 Å². The topological polar surface area (TPSA) is 83.5 Å². The number of rotatable bonds is 5. The van der Waals surface area contributed by atoms with Crippen molar-refractivity contribution in [2.24, 2.45) is 5.92 Å². The maximum absolute atomic E-state index is 12.3. The van der Waals surface area contributed by atoms with Crippen LogP contribution in [0.15, 0.2) is 16.3 Å². The van der Waals surface area contributed by atoms with E-state index in [1.807, 2.05) is 6.92 Å². The molecule has 1 aromatic heterocycles. The quantitative estimate of drug-likeness (QED) is 0.874. The Balaban J connectivity index is 2.14. The van der Waals surface area contributed by atoms with Crippen LogP contribution in [-0.4, -0.2) is 25.5 Å². The van der Waals surface area contributed by atoms with Gasteiger partial charge in [-0.05, 0) is 37.1 Å². The van der Waals surface area contributed by atoms with Crippen LogP contribution in [0.4, 0.5) is 0 Å². The molecule has 0 amide bonds. The minimum absolute atomic E-state index is 0.127. The normalized spacial score (nSPS) is 18.9. The Hall–Kier alpha value is -0.920. The lowest BCUT2D eigenvalue weighted by Crippen LogP contribution is -2.39. The predicted octanol–water partition coefficient (Wildman–Crippen LogP) is 2.69. The van der Waals surface area contributed by atoms with Gasteiger partial charge in [-0.1, -0.05) is 19.3 Å². The van der Waals surface area contributed by atoms with Gasteiger partial charge in [0.1, 0.15) is 9.77 Å².